The summed E-state index contributed by atoms with van der Waals surface area (Å²) in [4.78, 5) is 16.4. The zero-order valence-corrected chi connectivity index (χ0v) is 22.5. The van der Waals surface area contributed by atoms with E-state index in [0.29, 0.717) is 23.3 Å². The number of carboxylic acids is 1. The number of hydrogen-bond acceptors (Lipinski definition) is 4. The summed E-state index contributed by atoms with van der Waals surface area (Å²) in [6, 6.07) is 24.6. The average molecular weight is 542 g/mol. The van der Waals surface area contributed by atoms with E-state index in [2.05, 4.69) is 6.07 Å². The van der Waals surface area contributed by atoms with Crippen LogP contribution >= 0.6 is 11.6 Å². The van der Waals surface area contributed by atoms with E-state index in [1.807, 2.05) is 60.7 Å². The highest BCUT2D eigenvalue weighted by Gasteiger charge is 2.20. The minimum absolute atomic E-state index is 0.143. The van der Waals surface area contributed by atoms with Crippen molar-refractivity contribution in [3.8, 4) is 5.75 Å². The van der Waals surface area contributed by atoms with Crippen LogP contribution < -0.4 is 4.74 Å². The molecule has 6 heteroatoms. The summed E-state index contributed by atoms with van der Waals surface area (Å²) in [5, 5.41) is 11.3. The maximum atomic E-state index is 11.7. The Morgan fingerprint density at radius 3 is 2.64 bits per heavy atom. The van der Waals surface area contributed by atoms with Crippen molar-refractivity contribution >= 4 is 40.6 Å². The van der Waals surface area contributed by atoms with Crippen molar-refractivity contribution in [2.24, 2.45) is 5.92 Å². The molecular formula is C33H32ClNO4. The third kappa shape index (κ3) is 7.25. The highest BCUT2D eigenvalue weighted by atomic mass is 35.5. The Labute approximate surface area is 234 Å². The molecule has 1 fully saturated rings. The Morgan fingerprint density at radius 1 is 0.974 bits per heavy atom. The Kier molecular flexibility index (Phi) is 8.92. The molecule has 200 valence electrons. The maximum Gasteiger partial charge on any atom is 0.339 e. The fourth-order valence-corrected chi connectivity index (χ4v) is 5.19. The number of fused-ring (bicyclic) bond motifs is 1. The van der Waals surface area contributed by atoms with E-state index in [1.165, 1.54) is 32.1 Å². The van der Waals surface area contributed by atoms with Gasteiger partial charge in [0.2, 0.25) is 0 Å². The normalized spacial score (nSPS) is 15.0. The molecule has 1 N–H and O–H groups in total. The molecule has 4 aromatic rings. The summed E-state index contributed by atoms with van der Waals surface area (Å²) in [7, 11) is 0. The number of ether oxygens (including phenoxy) is 2. The van der Waals surface area contributed by atoms with E-state index < -0.39 is 5.97 Å². The predicted molar refractivity (Wildman–Crippen MR) is 156 cm³/mol. The van der Waals surface area contributed by atoms with Gasteiger partial charge in [-0.15, -0.1) is 0 Å². The van der Waals surface area contributed by atoms with Crippen LogP contribution in [0.15, 0.2) is 78.9 Å². The van der Waals surface area contributed by atoms with E-state index in [4.69, 9.17) is 26.1 Å². The average Bonchev–Trinajstić information content (AvgIpc) is 2.96. The van der Waals surface area contributed by atoms with E-state index in [1.54, 1.807) is 24.3 Å². The molecule has 1 atom stereocenters. The lowest BCUT2D eigenvalue weighted by Crippen LogP contribution is -2.20. The van der Waals surface area contributed by atoms with Crippen LogP contribution in [0.2, 0.25) is 5.02 Å². The lowest BCUT2D eigenvalue weighted by atomic mass is 9.90. The summed E-state index contributed by atoms with van der Waals surface area (Å²) in [6.45, 7) is 0.884. The minimum Gasteiger partial charge on any atom is -0.490 e. The van der Waals surface area contributed by atoms with Crippen molar-refractivity contribution < 1.29 is 19.4 Å². The van der Waals surface area contributed by atoms with Gasteiger partial charge in [-0.2, -0.15) is 0 Å². The first-order chi connectivity index (χ1) is 19.0. The van der Waals surface area contributed by atoms with Crippen LogP contribution in [-0.4, -0.2) is 29.3 Å². The fraction of sp³-hybridized carbons (Fsp3) is 0.273. The van der Waals surface area contributed by atoms with Gasteiger partial charge in [-0.3, -0.25) is 0 Å². The quantitative estimate of drug-likeness (QED) is 0.218. The highest BCUT2D eigenvalue weighted by Crippen LogP contribution is 2.28. The smallest absolute Gasteiger partial charge is 0.339 e. The van der Waals surface area contributed by atoms with Gasteiger partial charge in [0.05, 0.1) is 17.8 Å². The molecule has 1 aliphatic carbocycles. The van der Waals surface area contributed by atoms with Gasteiger partial charge in [0, 0.05) is 10.4 Å². The van der Waals surface area contributed by atoms with Crippen LogP contribution in [-0.2, 0) is 4.74 Å². The second-order valence-corrected chi connectivity index (χ2v) is 10.5. The summed E-state index contributed by atoms with van der Waals surface area (Å²) in [6.07, 6.45) is 9.83. The molecule has 0 spiro atoms. The third-order valence-corrected chi connectivity index (χ3v) is 7.41. The van der Waals surface area contributed by atoms with Gasteiger partial charge in [-0.1, -0.05) is 79.4 Å². The molecule has 5 nitrogen and oxygen atoms in total. The van der Waals surface area contributed by atoms with Gasteiger partial charge in [-0.05, 0) is 72.4 Å². The Morgan fingerprint density at radius 2 is 1.79 bits per heavy atom. The van der Waals surface area contributed by atoms with Gasteiger partial charge in [0.25, 0.3) is 0 Å². The Hall–Kier alpha value is -3.67. The first kappa shape index (κ1) is 26.9. The summed E-state index contributed by atoms with van der Waals surface area (Å²) in [5.74, 6) is -0.125. The number of halogens is 1. The molecule has 0 radical (unpaired) electrons. The standard InChI is InChI=1S/C33H32ClNO4/c34-27-16-14-25-15-18-28(35-30(25)20-27)17-13-23-9-6-10-26(19-23)32(38-21-24-7-2-1-3-8-24)22-39-31-12-5-4-11-29(31)33(36)37/h4-6,9-20,24,32H,1-3,7-8,21-22H2,(H,36,37)/b17-13+. The molecule has 39 heavy (non-hydrogen) atoms. The molecule has 0 saturated heterocycles. The largest absolute Gasteiger partial charge is 0.490 e. The maximum absolute atomic E-state index is 11.7. The fourth-order valence-electron chi connectivity index (χ4n) is 5.02. The SMILES string of the molecule is O=C(O)c1ccccc1OCC(OCC1CCCCC1)c1cccc(/C=C/c2ccc3ccc(Cl)cc3n2)c1. The van der Waals surface area contributed by atoms with E-state index in [9.17, 15) is 9.90 Å². The molecule has 0 aliphatic heterocycles. The Balaban J connectivity index is 1.35. The van der Waals surface area contributed by atoms with Crippen LogP contribution in [0.25, 0.3) is 23.1 Å². The van der Waals surface area contributed by atoms with Crippen molar-refractivity contribution in [3.63, 3.8) is 0 Å². The lowest BCUT2D eigenvalue weighted by Gasteiger charge is -2.25. The van der Waals surface area contributed by atoms with Crippen LogP contribution in [0.5, 0.6) is 5.75 Å². The van der Waals surface area contributed by atoms with Gasteiger partial charge >= 0.3 is 5.97 Å². The molecule has 1 unspecified atom stereocenters. The zero-order chi connectivity index (χ0) is 27.0. The van der Waals surface area contributed by atoms with Crippen molar-refractivity contribution in [1.82, 2.24) is 4.98 Å². The van der Waals surface area contributed by atoms with Gasteiger partial charge in [0.1, 0.15) is 24.0 Å². The van der Waals surface area contributed by atoms with Gasteiger partial charge < -0.3 is 14.6 Å². The molecule has 1 saturated carbocycles. The Bertz CT molecular complexity index is 1460. The lowest BCUT2D eigenvalue weighted by molar-refractivity contribution is -0.00630. The number of pyridine rings is 1. The van der Waals surface area contributed by atoms with Crippen molar-refractivity contribution in [3.05, 3.63) is 106 Å². The zero-order valence-electron chi connectivity index (χ0n) is 21.8. The van der Waals surface area contributed by atoms with Crippen LogP contribution in [0, 0.1) is 5.92 Å². The third-order valence-electron chi connectivity index (χ3n) is 7.17. The molecule has 0 bridgehead atoms. The van der Waals surface area contributed by atoms with Crippen LogP contribution in [0.3, 0.4) is 0 Å². The summed E-state index contributed by atoms with van der Waals surface area (Å²) >= 11 is 6.15. The van der Waals surface area contributed by atoms with Crippen LogP contribution in [0.4, 0.5) is 0 Å². The number of carbonyl (C=O) groups is 1. The summed E-state index contributed by atoms with van der Waals surface area (Å²) in [5.41, 5.74) is 3.84. The number of benzene rings is 3. The van der Waals surface area contributed by atoms with Crippen LogP contribution in [0.1, 0.15) is 65.4 Å². The van der Waals surface area contributed by atoms with E-state index in [-0.39, 0.29) is 18.3 Å². The number of rotatable bonds is 10. The number of nitrogens with zero attached hydrogens (tertiary/aromatic N) is 1. The monoisotopic (exact) mass is 541 g/mol. The van der Waals surface area contributed by atoms with Crippen molar-refractivity contribution in [2.75, 3.05) is 13.2 Å². The molecule has 1 aromatic heterocycles. The number of aromatic carboxylic acids is 1. The minimum atomic E-state index is -1.01. The predicted octanol–water partition coefficient (Wildman–Crippen LogP) is 8.47. The molecular weight excluding hydrogens is 510 g/mol. The van der Waals surface area contributed by atoms with Crippen molar-refractivity contribution in [1.29, 1.82) is 0 Å². The molecule has 3 aromatic carbocycles. The molecule has 0 amide bonds. The number of hydrogen-bond donors (Lipinski definition) is 1. The van der Waals surface area contributed by atoms with E-state index >= 15 is 0 Å². The topological polar surface area (TPSA) is 68.7 Å². The first-order valence-corrected chi connectivity index (χ1v) is 13.8. The molecule has 1 aliphatic rings. The van der Waals surface area contributed by atoms with Gasteiger partial charge in [-0.25, -0.2) is 9.78 Å². The molecule has 5 rings (SSSR count). The second-order valence-electron chi connectivity index (χ2n) is 10.0. The van der Waals surface area contributed by atoms with Gasteiger partial charge in [0.15, 0.2) is 0 Å². The summed E-state index contributed by atoms with van der Waals surface area (Å²) < 4.78 is 12.5. The van der Waals surface area contributed by atoms with E-state index in [0.717, 1.165) is 27.7 Å². The first-order valence-electron chi connectivity index (χ1n) is 13.5. The second kappa shape index (κ2) is 12.9. The highest BCUT2D eigenvalue weighted by molar-refractivity contribution is 6.31. The number of para-hydroxylation sites is 1. The van der Waals surface area contributed by atoms with Crippen molar-refractivity contribution in [2.45, 2.75) is 38.2 Å². The number of carboxylic acid groups (broad SMARTS) is 1. The molecule has 1 heterocycles. The number of aromatic nitrogens is 1.